The van der Waals surface area contributed by atoms with E-state index >= 15 is 0 Å². The minimum Gasteiger partial charge on any atom is -0.465 e. The molecule has 27 heavy (non-hydrogen) atoms. The summed E-state index contributed by atoms with van der Waals surface area (Å²) >= 11 is 0. The molecule has 0 amide bonds. The average molecular weight is 375 g/mol. The van der Waals surface area contributed by atoms with Gasteiger partial charge in [-0.15, -0.1) is 0 Å². The first kappa shape index (κ1) is 21.5. The van der Waals surface area contributed by atoms with Gasteiger partial charge < -0.3 is 9.47 Å². The second-order valence-electron chi connectivity index (χ2n) is 7.48. The molecule has 1 aliphatic rings. The zero-order valence-electron chi connectivity index (χ0n) is 17.4. The van der Waals surface area contributed by atoms with E-state index in [4.69, 9.17) is 9.47 Å². The Kier molecular flexibility index (Phi) is 7.88. The van der Waals surface area contributed by atoms with E-state index < -0.39 is 17.4 Å². The molecule has 0 saturated heterocycles. The highest BCUT2D eigenvalue weighted by atomic mass is 16.6. The SMILES string of the molecule is CCCCc1cc(CCCC)c2c(c1)CC(C(=O)OCC)(C(=O)OCC)C2. The maximum Gasteiger partial charge on any atom is 0.324 e. The lowest BCUT2D eigenvalue weighted by Crippen LogP contribution is -2.43. The van der Waals surface area contributed by atoms with Crippen molar-refractivity contribution in [2.75, 3.05) is 13.2 Å². The summed E-state index contributed by atoms with van der Waals surface area (Å²) in [6.07, 6.45) is 7.33. The van der Waals surface area contributed by atoms with E-state index in [9.17, 15) is 9.59 Å². The van der Waals surface area contributed by atoms with E-state index in [1.807, 2.05) is 0 Å². The zero-order valence-corrected chi connectivity index (χ0v) is 17.4. The summed E-state index contributed by atoms with van der Waals surface area (Å²) in [5.74, 6) is -0.896. The molecular formula is C23H34O4. The lowest BCUT2D eigenvalue weighted by atomic mass is 9.84. The fraction of sp³-hybridized carbons (Fsp3) is 0.652. The van der Waals surface area contributed by atoms with Crippen LogP contribution in [0.1, 0.15) is 75.6 Å². The van der Waals surface area contributed by atoms with Crippen LogP contribution < -0.4 is 0 Å². The third-order valence-electron chi connectivity index (χ3n) is 5.42. The van der Waals surface area contributed by atoms with E-state index in [0.717, 1.165) is 49.7 Å². The Hall–Kier alpha value is -1.84. The zero-order chi connectivity index (χ0) is 19.9. The average Bonchev–Trinajstić information content (AvgIpc) is 3.06. The number of hydrogen-bond donors (Lipinski definition) is 0. The Morgan fingerprint density at radius 3 is 2.04 bits per heavy atom. The number of rotatable bonds is 10. The molecule has 150 valence electrons. The van der Waals surface area contributed by atoms with Gasteiger partial charge in [-0.05, 0) is 68.2 Å². The van der Waals surface area contributed by atoms with Crippen molar-refractivity contribution in [2.45, 2.75) is 79.1 Å². The molecule has 2 rings (SSSR count). The van der Waals surface area contributed by atoms with Crippen molar-refractivity contribution < 1.29 is 19.1 Å². The summed E-state index contributed by atoms with van der Waals surface area (Å²) in [6, 6.07) is 4.48. The number of hydrogen-bond acceptors (Lipinski definition) is 4. The molecule has 0 unspecified atom stereocenters. The van der Waals surface area contributed by atoms with E-state index in [-0.39, 0.29) is 13.2 Å². The van der Waals surface area contributed by atoms with Crippen LogP contribution in [0.3, 0.4) is 0 Å². The van der Waals surface area contributed by atoms with Gasteiger partial charge in [-0.3, -0.25) is 9.59 Å². The first-order chi connectivity index (χ1) is 13.0. The Morgan fingerprint density at radius 2 is 1.48 bits per heavy atom. The third kappa shape index (κ3) is 4.72. The largest absolute Gasteiger partial charge is 0.465 e. The molecule has 0 atom stereocenters. The summed E-state index contributed by atoms with van der Waals surface area (Å²) in [6.45, 7) is 8.45. The second kappa shape index (κ2) is 9.91. The molecule has 0 spiro atoms. The van der Waals surface area contributed by atoms with Crippen molar-refractivity contribution in [3.63, 3.8) is 0 Å². The van der Waals surface area contributed by atoms with Crippen LogP contribution in [0, 0.1) is 5.41 Å². The highest BCUT2D eigenvalue weighted by Gasteiger charge is 2.53. The number of fused-ring (bicyclic) bond motifs is 1. The third-order valence-corrected chi connectivity index (χ3v) is 5.42. The van der Waals surface area contributed by atoms with Crippen LogP contribution in [-0.4, -0.2) is 25.2 Å². The minimum absolute atomic E-state index is 0.265. The van der Waals surface area contributed by atoms with E-state index in [1.165, 1.54) is 11.1 Å². The van der Waals surface area contributed by atoms with Crippen LogP contribution in [0.15, 0.2) is 12.1 Å². The summed E-state index contributed by atoms with van der Waals surface area (Å²) in [5, 5.41) is 0. The van der Waals surface area contributed by atoms with Crippen LogP contribution in [0.2, 0.25) is 0 Å². The van der Waals surface area contributed by atoms with Crippen LogP contribution >= 0.6 is 0 Å². The van der Waals surface area contributed by atoms with E-state index in [1.54, 1.807) is 13.8 Å². The quantitative estimate of drug-likeness (QED) is 0.444. The van der Waals surface area contributed by atoms with Gasteiger partial charge in [0.25, 0.3) is 0 Å². The Bertz CT molecular complexity index is 645. The smallest absolute Gasteiger partial charge is 0.324 e. The number of carbonyl (C=O) groups excluding carboxylic acids is 2. The number of aryl methyl sites for hydroxylation is 2. The Morgan fingerprint density at radius 1 is 0.889 bits per heavy atom. The second-order valence-corrected chi connectivity index (χ2v) is 7.48. The van der Waals surface area contributed by atoms with Gasteiger partial charge in [-0.2, -0.15) is 0 Å². The Labute approximate surface area is 163 Å². The minimum atomic E-state index is -1.22. The summed E-state index contributed by atoms with van der Waals surface area (Å²) in [4.78, 5) is 25.6. The fourth-order valence-electron chi connectivity index (χ4n) is 3.97. The topological polar surface area (TPSA) is 52.6 Å². The highest BCUT2D eigenvalue weighted by Crippen LogP contribution is 2.42. The summed E-state index contributed by atoms with van der Waals surface area (Å²) in [5.41, 5.74) is 3.65. The van der Waals surface area contributed by atoms with Gasteiger partial charge in [0.1, 0.15) is 0 Å². The lowest BCUT2D eigenvalue weighted by molar-refractivity contribution is -0.171. The molecule has 0 N–H and O–H groups in total. The normalized spacial score (nSPS) is 14.7. The molecule has 1 aromatic carbocycles. The number of unbranched alkanes of at least 4 members (excludes halogenated alkanes) is 2. The van der Waals surface area contributed by atoms with Crippen molar-refractivity contribution in [1.29, 1.82) is 0 Å². The molecule has 0 aromatic heterocycles. The van der Waals surface area contributed by atoms with Crippen LogP contribution in [0.5, 0.6) is 0 Å². The van der Waals surface area contributed by atoms with Gasteiger partial charge in [0.05, 0.1) is 13.2 Å². The molecule has 4 nitrogen and oxygen atoms in total. The van der Waals surface area contributed by atoms with Crippen molar-refractivity contribution in [1.82, 2.24) is 0 Å². The highest BCUT2D eigenvalue weighted by molar-refractivity contribution is 6.01. The molecule has 0 heterocycles. The summed E-state index contributed by atoms with van der Waals surface area (Å²) in [7, 11) is 0. The van der Waals surface area contributed by atoms with Crippen LogP contribution in [0.4, 0.5) is 0 Å². The molecule has 1 aliphatic carbocycles. The molecule has 0 fully saturated rings. The Balaban J connectivity index is 2.44. The molecule has 0 saturated carbocycles. The molecule has 4 heteroatoms. The van der Waals surface area contributed by atoms with Gasteiger partial charge in [0.15, 0.2) is 5.41 Å². The predicted molar refractivity (Wildman–Crippen MR) is 107 cm³/mol. The maximum absolute atomic E-state index is 12.8. The van der Waals surface area contributed by atoms with Crippen molar-refractivity contribution >= 4 is 11.9 Å². The van der Waals surface area contributed by atoms with Gasteiger partial charge in [-0.1, -0.05) is 38.8 Å². The number of esters is 2. The van der Waals surface area contributed by atoms with Crippen LogP contribution in [-0.2, 0) is 44.7 Å². The summed E-state index contributed by atoms with van der Waals surface area (Å²) < 4.78 is 10.6. The standard InChI is InChI=1S/C23H34O4/c1-5-9-11-17-13-18(12-10-6-2)20-16-23(15-19(20)14-17,21(24)26-7-3)22(25)27-8-4/h13-14H,5-12,15-16H2,1-4H3. The van der Waals surface area contributed by atoms with Gasteiger partial charge in [-0.25, -0.2) is 0 Å². The van der Waals surface area contributed by atoms with Crippen molar-refractivity contribution in [2.24, 2.45) is 5.41 Å². The number of ether oxygens (including phenoxy) is 2. The maximum atomic E-state index is 12.8. The first-order valence-electron chi connectivity index (χ1n) is 10.5. The lowest BCUT2D eigenvalue weighted by Gasteiger charge is -2.24. The number of benzene rings is 1. The van der Waals surface area contributed by atoms with E-state index in [2.05, 4.69) is 26.0 Å². The van der Waals surface area contributed by atoms with Crippen molar-refractivity contribution in [3.8, 4) is 0 Å². The molecule has 1 aromatic rings. The monoisotopic (exact) mass is 374 g/mol. The first-order valence-corrected chi connectivity index (χ1v) is 10.5. The van der Waals surface area contributed by atoms with Gasteiger partial charge in [0.2, 0.25) is 0 Å². The van der Waals surface area contributed by atoms with Crippen molar-refractivity contribution in [3.05, 3.63) is 34.4 Å². The molecule has 0 bridgehead atoms. The van der Waals surface area contributed by atoms with E-state index in [0.29, 0.717) is 12.8 Å². The molecular weight excluding hydrogens is 340 g/mol. The number of carbonyl (C=O) groups is 2. The predicted octanol–water partition coefficient (Wildman–Crippen LogP) is 4.58. The van der Waals surface area contributed by atoms with Gasteiger partial charge in [0, 0.05) is 6.42 Å². The fourth-order valence-corrected chi connectivity index (χ4v) is 3.97. The molecule has 0 aliphatic heterocycles. The van der Waals surface area contributed by atoms with Gasteiger partial charge >= 0.3 is 11.9 Å². The molecule has 0 radical (unpaired) electrons. The van der Waals surface area contributed by atoms with Crippen LogP contribution in [0.25, 0.3) is 0 Å².